The fourth-order valence-corrected chi connectivity index (χ4v) is 3.67. The standard InChI is InChI=1S/C12H9BrF3N3O4S/c1-6-4-10(18-23-6)19-24(21,22)9-3-2-7(5-8(9)13)17-11(20)12(14,15)16/h2-5H,1H3,(H,17,20)(H,18,19). The molecule has 2 rings (SSSR count). The van der Waals surface area contributed by atoms with E-state index in [1.807, 2.05) is 0 Å². The van der Waals surface area contributed by atoms with Crippen molar-refractivity contribution in [1.82, 2.24) is 5.16 Å². The molecule has 0 aliphatic carbocycles. The summed E-state index contributed by atoms with van der Waals surface area (Å²) in [4.78, 5) is 10.6. The summed E-state index contributed by atoms with van der Waals surface area (Å²) in [5.74, 6) is -1.83. The minimum atomic E-state index is -5.05. The quantitative estimate of drug-likeness (QED) is 0.780. The molecule has 0 saturated carbocycles. The van der Waals surface area contributed by atoms with Crippen LogP contribution in [0.2, 0.25) is 0 Å². The highest BCUT2D eigenvalue weighted by atomic mass is 79.9. The number of alkyl halides is 3. The lowest BCUT2D eigenvalue weighted by atomic mass is 10.3. The van der Waals surface area contributed by atoms with E-state index in [0.29, 0.717) is 5.76 Å². The van der Waals surface area contributed by atoms with Crippen LogP contribution < -0.4 is 10.0 Å². The van der Waals surface area contributed by atoms with Crippen LogP contribution in [0.4, 0.5) is 24.7 Å². The highest BCUT2D eigenvalue weighted by molar-refractivity contribution is 9.10. The fraction of sp³-hybridized carbons (Fsp3) is 0.167. The molecule has 0 spiro atoms. The number of rotatable bonds is 4. The number of anilines is 2. The van der Waals surface area contributed by atoms with E-state index < -0.39 is 22.1 Å². The number of amides is 1. The van der Waals surface area contributed by atoms with Gasteiger partial charge in [0, 0.05) is 16.2 Å². The van der Waals surface area contributed by atoms with E-state index >= 15 is 0 Å². The van der Waals surface area contributed by atoms with Crippen molar-refractivity contribution in [2.75, 3.05) is 10.0 Å². The smallest absolute Gasteiger partial charge is 0.360 e. The van der Waals surface area contributed by atoms with Gasteiger partial charge in [0.25, 0.3) is 10.0 Å². The summed E-state index contributed by atoms with van der Waals surface area (Å²) >= 11 is 2.95. The second-order valence-corrected chi connectivity index (χ2v) is 7.03. The molecule has 7 nitrogen and oxygen atoms in total. The van der Waals surface area contributed by atoms with Gasteiger partial charge in [0.15, 0.2) is 5.82 Å². The molecule has 0 radical (unpaired) electrons. The van der Waals surface area contributed by atoms with Gasteiger partial charge in [0.2, 0.25) is 0 Å². The van der Waals surface area contributed by atoms with Crippen LogP contribution in [0, 0.1) is 6.92 Å². The maximum absolute atomic E-state index is 12.2. The molecule has 0 bridgehead atoms. The average Bonchev–Trinajstić information content (AvgIpc) is 2.81. The molecule has 2 aromatic rings. The van der Waals surface area contributed by atoms with Crippen molar-refractivity contribution in [2.24, 2.45) is 0 Å². The minimum absolute atomic E-state index is 0.0461. The van der Waals surface area contributed by atoms with Crippen LogP contribution in [0.5, 0.6) is 0 Å². The number of benzene rings is 1. The van der Waals surface area contributed by atoms with E-state index in [9.17, 15) is 26.4 Å². The van der Waals surface area contributed by atoms with Crippen molar-refractivity contribution >= 4 is 43.4 Å². The van der Waals surface area contributed by atoms with E-state index in [1.54, 1.807) is 12.2 Å². The maximum Gasteiger partial charge on any atom is 0.471 e. The molecule has 1 heterocycles. The normalized spacial score (nSPS) is 12.0. The number of nitrogens with one attached hydrogen (secondary N) is 2. The lowest BCUT2D eigenvalue weighted by Gasteiger charge is -2.11. The van der Waals surface area contributed by atoms with Gasteiger partial charge in [-0.05, 0) is 41.1 Å². The zero-order valence-electron chi connectivity index (χ0n) is 11.8. The highest BCUT2D eigenvalue weighted by Gasteiger charge is 2.38. The van der Waals surface area contributed by atoms with Gasteiger partial charge < -0.3 is 9.84 Å². The molecular weight excluding hydrogens is 419 g/mol. The van der Waals surface area contributed by atoms with Crippen molar-refractivity contribution in [2.45, 2.75) is 18.0 Å². The summed E-state index contributed by atoms with van der Waals surface area (Å²) in [5, 5.41) is 5.10. The number of carbonyl (C=O) groups excluding carboxylic acids is 1. The molecule has 24 heavy (non-hydrogen) atoms. The number of hydrogen-bond acceptors (Lipinski definition) is 5. The number of halogens is 4. The van der Waals surface area contributed by atoms with Gasteiger partial charge in [-0.1, -0.05) is 5.16 Å². The first-order valence-electron chi connectivity index (χ1n) is 6.13. The molecule has 1 amide bonds. The molecule has 12 heteroatoms. The first-order valence-corrected chi connectivity index (χ1v) is 8.40. The molecular formula is C12H9BrF3N3O4S. The summed E-state index contributed by atoms with van der Waals surface area (Å²) in [6.45, 7) is 1.57. The predicted molar refractivity (Wildman–Crippen MR) is 80.9 cm³/mol. The lowest BCUT2D eigenvalue weighted by molar-refractivity contribution is -0.167. The van der Waals surface area contributed by atoms with E-state index in [2.05, 4.69) is 25.8 Å². The molecule has 0 aliphatic rings. The summed E-state index contributed by atoms with van der Waals surface area (Å²) in [5.41, 5.74) is -0.222. The summed E-state index contributed by atoms with van der Waals surface area (Å²) in [7, 11) is -4.06. The van der Waals surface area contributed by atoms with E-state index in [-0.39, 0.29) is 20.9 Å². The fourth-order valence-electron chi connectivity index (χ4n) is 1.61. The second kappa shape index (κ2) is 6.43. The Labute approximate surface area is 142 Å². The Bertz CT molecular complexity index is 880. The Morgan fingerprint density at radius 2 is 1.96 bits per heavy atom. The molecule has 0 atom stereocenters. The summed E-state index contributed by atoms with van der Waals surface area (Å²) in [6.07, 6.45) is -5.05. The number of nitrogens with zero attached hydrogens (tertiary/aromatic N) is 1. The molecule has 1 aromatic carbocycles. The summed E-state index contributed by atoms with van der Waals surface area (Å²) in [6, 6.07) is 4.44. The highest BCUT2D eigenvalue weighted by Crippen LogP contribution is 2.28. The lowest BCUT2D eigenvalue weighted by Crippen LogP contribution is -2.29. The Morgan fingerprint density at radius 1 is 1.29 bits per heavy atom. The monoisotopic (exact) mass is 427 g/mol. The van der Waals surface area contributed by atoms with Crippen LogP contribution in [0.1, 0.15) is 5.76 Å². The Balaban J connectivity index is 2.24. The van der Waals surface area contributed by atoms with Crippen LogP contribution in [-0.2, 0) is 14.8 Å². The molecule has 0 unspecified atom stereocenters. The van der Waals surface area contributed by atoms with Crippen molar-refractivity contribution in [1.29, 1.82) is 0 Å². The van der Waals surface area contributed by atoms with Crippen LogP contribution in [0.25, 0.3) is 0 Å². The molecule has 0 aliphatic heterocycles. The van der Waals surface area contributed by atoms with Gasteiger partial charge in [-0.15, -0.1) is 0 Å². The first kappa shape index (κ1) is 18.3. The van der Waals surface area contributed by atoms with Crippen molar-refractivity contribution in [3.8, 4) is 0 Å². The Kier molecular flexibility index (Phi) is 4.90. The second-order valence-electron chi connectivity index (χ2n) is 4.53. The number of hydrogen-bond donors (Lipinski definition) is 2. The van der Waals surface area contributed by atoms with Gasteiger partial charge >= 0.3 is 12.1 Å². The largest absolute Gasteiger partial charge is 0.471 e. The molecule has 130 valence electrons. The molecule has 0 fully saturated rings. The summed E-state index contributed by atoms with van der Waals surface area (Å²) < 4.78 is 67.9. The molecule has 1 aromatic heterocycles. The number of sulfonamides is 1. The van der Waals surface area contributed by atoms with E-state index in [4.69, 9.17) is 4.52 Å². The number of carbonyl (C=O) groups is 1. The van der Waals surface area contributed by atoms with Gasteiger partial charge in [0.1, 0.15) is 10.7 Å². The van der Waals surface area contributed by atoms with Gasteiger partial charge in [-0.25, -0.2) is 8.42 Å². The van der Waals surface area contributed by atoms with Crippen molar-refractivity contribution in [3.05, 3.63) is 34.5 Å². The van der Waals surface area contributed by atoms with Gasteiger partial charge in [0.05, 0.1) is 0 Å². The number of aryl methyl sites for hydroxylation is 1. The Hall–Kier alpha value is -2.08. The topological polar surface area (TPSA) is 101 Å². The molecule has 0 saturated heterocycles. The Morgan fingerprint density at radius 3 is 2.46 bits per heavy atom. The third-order valence-corrected chi connectivity index (χ3v) is 4.94. The molecule has 2 N–H and O–H groups in total. The average molecular weight is 428 g/mol. The third kappa shape index (κ3) is 4.26. The van der Waals surface area contributed by atoms with Crippen LogP contribution in [0.3, 0.4) is 0 Å². The van der Waals surface area contributed by atoms with Crippen molar-refractivity contribution in [3.63, 3.8) is 0 Å². The third-order valence-electron chi connectivity index (χ3n) is 2.60. The SMILES string of the molecule is Cc1cc(NS(=O)(=O)c2ccc(NC(=O)C(F)(F)F)cc2Br)no1. The van der Waals surface area contributed by atoms with E-state index in [1.165, 1.54) is 6.07 Å². The van der Waals surface area contributed by atoms with Crippen LogP contribution in [-0.4, -0.2) is 25.7 Å². The maximum atomic E-state index is 12.2. The van der Waals surface area contributed by atoms with Gasteiger partial charge in [-0.3, -0.25) is 9.52 Å². The van der Waals surface area contributed by atoms with Crippen LogP contribution >= 0.6 is 15.9 Å². The number of aromatic nitrogens is 1. The first-order chi connectivity index (χ1) is 11.0. The zero-order chi connectivity index (χ0) is 18.1. The van der Waals surface area contributed by atoms with Gasteiger partial charge in [-0.2, -0.15) is 13.2 Å². The van der Waals surface area contributed by atoms with E-state index in [0.717, 1.165) is 18.2 Å². The zero-order valence-corrected chi connectivity index (χ0v) is 14.2. The predicted octanol–water partition coefficient (Wildman–Crippen LogP) is 3.05. The van der Waals surface area contributed by atoms with Crippen LogP contribution in [0.15, 0.2) is 38.2 Å². The van der Waals surface area contributed by atoms with Crippen molar-refractivity contribution < 1.29 is 30.9 Å². The minimum Gasteiger partial charge on any atom is -0.360 e.